The van der Waals surface area contributed by atoms with Gasteiger partial charge in [0.1, 0.15) is 17.4 Å². The van der Waals surface area contributed by atoms with Gasteiger partial charge in [-0.25, -0.2) is 8.78 Å². The molecule has 0 radical (unpaired) electrons. The number of likely N-dealkylation sites (tertiary alicyclic amines) is 1. The van der Waals surface area contributed by atoms with Gasteiger partial charge >= 0.3 is 5.97 Å². The van der Waals surface area contributed by atoms with Crippen LogP contribution in [-0.4, -0.2) is 73.5 Å². The van der Waals surface area contributed by atoms with Crippen molar-refractivity contribution in [2.24, 2.45) is 5.41 Å². The Morgan fingerprint density at radius 2 is 1.88 bits per heavy atom. The van der Waals surface area contributed by atoms with Crippen molar-refractivity contribution in [3.8, 4) is 5.75 Å². The number of nitrogens with one attached hydrogen (secondary N) is 1. The van der Waals surface area contributed by atoms with Crippen LogP contribution in [0.2, 0.25) is 0 Å². The molecule has 0 aliphatic carbocycles. The Balaban J connectivity index is 1.43. The summed E-state index contributed by atoms with van der Waals surface area (Å²) in [5, 5.41) is 25.1. The maximum atomic E-state index is 13.4. The highest BCUT2D eigenvalue weighted by Gasteiger charge is 2.37. The van der Waals surface area contributed by atoms with Gasteiger partial charge in [-0.15, -0.1) is 0 Å². The molecular weight excluding hydrogens is 518 g/mol. The van der Waals surface area contributed by atoms with Crippen LogP contribution in [-0.2, 0) is 4.79 Å². The number of aliphatic carboxylic acids is 1. The number of aliphatic hydroxyl groups is 1. The number of hydrogen-bond donors (Lipinski definition) is 3. The predicted octanol–water partition coefficient (Wildman–Crippen LogP) is 5.07. The van der Waals surface area contributed by atoms with Crippen LogP contribution in [0.1, 0.15) is 43.8 Å². The zero-order chi connectivity index (χ0) is 28.9. The van der Waals surface area contributed by atoms with E-state index in [1.807, 2.05) is 37.2 Å². The number of carboxylic acid groups (broad SMARTS) is 1. The molecule has 0 spiro atoms. The Morgan fingerprint density at radius 3 is 2.50 bits per heavy atom. The minimum atomic E-state index is -0.842. The van der Waals surface area contributed by atoms with Crippen molar-refractivity contribution < 1.29 is 28.5 Å². The van der Waals surface area contributed by atoms with Gasteiger partial charge < -0.3 is 30.1 Å². The molecule has 216 valence electrons. The highest BCUT2D eigenvalue weighted by molar-refractivity contribution is 5.88. The molecular formula is C30H38F2N4O4. The number of pyridine rings is 1. The van der Waals surface area contributed by atoms with Crippen LogP contribution < -0.4 is 15.0 Å². The third-order valence-electron chi connectivity index (χ3n) is 7.92. The summed E-state index contributed by atoms with van der Waals surface area (Å²) in [5.74, 6) is -1.42. The SMILES string of the molecule is COc1ccc2ncc(N(C)C)c([C@@H](O)CCC3(CC(=O)O)CCN(CCNc4cc(F)cc(F)c4)CC3)c2c1. The topological polar surface area (TPSA) is 98.2 Å². The highest BCUT2D eigenvalue weighted by Crippen LogP contribution is 2.43. The molecule has 40 heavy (non-hydrogen) atoms. The number of ether oxygens (including phenoxy) is 1. The largest absolute Gasteiger partial charge is 0.497 e. The number of carbonyl (C=O) groups is 1. The number of aromatic nitrogens is 1. The molecule has 1 fully saturated rings. The number of benzene rings is 2. The first kappa shape index (κ1) is 29.5. The smallest absolute Gasteiger partial charge is 0.303 e. The second kappa shape index (κ2) is 12.8. The first-order chi connectivity index (χ1) is 19.1. The maximum absolute atomic E-state index is 13.4. The molecule has 8 nitrogen and oxygen atoms in total. The summed E-state index contributed by atoms with van der Waals surface area (Å²) in [4.78, 5) is 20.6. The van der Waals surface area contributed by atoms with Gasteiger partial charge in [-0.05, 0) is 74.5 Å². The lowest BCUT2D eigenvalue weighted by atomic mass is 9.71. The van der Waals surface area contributed by atoms with Crippen molar-refractivity contribution in [3.05, 3.63) is 59.8 Å². The van der Waals surface area contributed by atoms with Gasteiger partial charge in [-0.2, -0.15) is 0 Å². The predicted molar refractivity (Wildman–Crippen MR) is 152 cm³/mol. The Morgan fingerprint density at radius 1 is 1.18 bits per heavy atom. The Kier molecular flexibility index (Phi) is 9.42. The van der Waals surface area contributed by atoms with E-state index in [1.165, 1.54) is 12.1 Å². The standard InChI is InChI=1S/C30H38F2N4O4/c1-35(2)26-19-34-25-5-4-23(40-3)17-24(25)29(26)27(37)6-7-30(18-28(38)39)8-11-36(12-9-30)13-10-33-22-15-20(31)14-21(32)16-22/h4-5,14-17,19,27,33,37H,6-13,18H2,1-3H3,(H,38,39)/t27-/m0/s1. The first-order valence-corrected chi connectivity index (χ1v) is 13.6. The lowest BCUT2D eigenvalue weighted by molar-refractivity contribution is -0.141. The van der Waals surface area contributed by atoms with Crippen LogP contribution in [0.3, 0.4) is 0 Å². The summed E-state index contributed by atoms with van der Waals surface area (Å²) in [6.45, 7) is 2.60. The highest BCUT2D eigenvalue weighted by atomic mass is 19.1. The van der Waals surface area contributed by atoms with Crippen molar-refractivity contribution in [2.45, 2.75) is 38.2 Å². The van der Waals surface area contributed by atoms with Gasteiger partial charge in [0.2, 0.25) is 0 Å². The minimum Gasteiger partial charge on any atom is -0.497 e. The Hall–Kier alpha value is -3.50. The van der Waals surface area contributed by atoms with E-state index < -0.39 is 29.1 Å². The molecule has 10 heteroatoms. The lowest BCUT2D eigenvalue weighted by Gasteiger charge is -2.41. The van der Waals surface area contributed by atoms with Gasteiger partial charge in [0.25, 0.3) is 0 Å². The number of nitrogens with zero attached hydrogens (tertiary/aromatic N) is 3. The summed E-state index contributed by atoms with van der Waals surface area (Å²) in [5.41, 5.74) is 2.28. The van der Waals surface area contributed by atoms with Crippen LogP contribution in [0.4, 0.5) is 20.2 Å². The van der Waals surface area contributed by atoms with Crippen molar-refractivity contribution in [1.82, 2.24) is 9.88 Å². The second-order valence-corrected chi connectivity index (χ2v) is 10.9. The number of rotatable bonds is 12. The fourth-order valence-corrected chi connectivity index (χ4v) is 5.70. The molecule has 3 N–H and O–H groups in total. The van der Waals surface area contributed by atoms with Crippen molar-refractivity contribution in [3.63, 3.8) is 0 Å². The van der Waals surface area contributed by atoms with E-state index in [2.05, 4.69) is 15.2 Å². The third kappa shape index (κ3) is 7.17. The van der Waals surface area contributed by atoms with Gasteiger partial charge in [0.15, 0.2) is 0 Å². The summed E-state index contributed by atoms with van der Waals surface area (Å²) < 4.78 is 32.3. The first-order valence-electron chi connectivity index (χ1n) is 13.6. The monoisotopic (exact) mass is 556 g/mol. The molecule has 4 rings (SSSR count). The molecule has 1 saturated heterocycles. The second-order valence-electron chi connectivity index (χ2n) is 10.9. The number of methoxy groups -OCH3 is 1. The van der Waals surface area contributed by atoms with E-state index in [0.29, 0.717) is 63.3 Å². The molecule has 1 aromatic heterocycles. The fraction of sp³-hybridized carbons (Fsp3) is 0.467. The lowest BCUT2D eigenvalue weighted by Crippen LogP contribution is -2.43. The van der Waals surface area contributed by atoms with Gasteiger partial charge in [-0.3, -0.25) is 9.78 Å². The maximum Gasteiger partial charge on any atom is 0.303 e. The van der Waals surface area contributed by atoms with Gasteiger partial charge in [0.05, 0.1) is 37.0 Å². The summed E-state index contributed by atoms with van der Waals surface area (Å²) in [7, 11) is 5.40. The van der Waals surface area contributed by atoms with Crippen LogP contribution >= 0.6 is 0 Å². The number of carboxylic acids is 1. The number of halogens is 2. The van der Waals surface area contributed by atoms with Crippen molar-refractivity contribution in [2.75, 3.05) is 57.6 Å². The number of piperidine rings is 1. The van der Waals surface area contributed by atoms with E-state index in [-0.39, 0.29) is 6.42 Å². The summed E-state index contributed by atoms with van der Waals surface area (Å²) >= 11 is 0. The van der Waals surface area contributed by atoms with Crippen LogP contribution in [0.25, 0.3) is 10.9 Å². The average Bonchev–Trinajstić information content (AvgIpc) is 2.91. The number of aliphatic hydroxyl groups excluding tert-OH is 1. The summed E-state index contributed by atoms with van der Waals surface area (Å²) in [6, 6.07) is 8.93. The third-order valence-corrected chi connectivity index (χ3v) is 7.92. The molecule has 1 aliphatic rings. The average molecular weight is 557 g/mol. The van der Waals surface area contributed by atoms with Crippen molar-refractivity contribution >= 4 is 28.2 Å². The molecule has 2 heterocycles. The van der Waals surface area contributed by atoms with E-state index in [4.69, 9.17) is 4.74 Å². The zero-order valence-corrected chi connectivity index (χ0v) is 23.3. The fourth-order valence-electron chi connectivity index (χ4n) is 5.70. The van der Waals surface area contributed by atoms with Crippen LogP contribution in [0.15, 0.2) is 42.6 Å². The molecule has 0 bridgehead atoms. The van der Waals surface area contributed by atoms with Gasteiger partial charge in [-0.1, -0.05) is 0 Å². The molecule has 2 aromatic carbocycles. The van der Waals surface area contributed by atoms with E-state index >= 15 is 0 Å². The number of fused-ring (bicyclic) bond motifs is 1. The van der Waals surface area contributed by atoms with Crippen LogP contribution in [0, 0.1) is 17.0 Å². The molecule has 1 aliphatic heterocycles. The number of hydrogen-bond acceptors (Lipinski definition) is 7. The minimum absolute atomic E-state index is 0.0415. The molecule has 3 aromatic rings. The molecule has 0 unspecified atom stereocenters. The zero-order valence-electron chi connectivity index (χ0n) is 23.3. The molecule has 0 amide bonds. The number of anilines is 2. The van der Waals surface area contributed by atoms with Crippen molar-refractivity contribution in [1.29, 1.82) is 0 Å². The molecule has 0 saturated carbocycles. The molecule has 1 atom stereocenters. The van der Waals surface area contributed by atoms with E-state index in [0.717, 1.165) is 28.2 Å². The normalized spacial score (nSPS) is 16.1. The quantitative estimate of drug-likeness (QED) is 0.285. The van der Waals surface area contributed by atoms with E-state index in [9.17, 15) is 23.8 Å². The van der Waals surface area contributed by atoms with Gasteiger partial charge in [0, 0.05) is 49.9 Å². The Labute approximate surface area is 233 Å². The van der Waals surface area contributed by atoms with Crippen LogP contribution in [0.5, 0.6) is 5.75 Å². The van der Waals surface area contributed by atoms with E-state index in [1.54, 1.807) is 13.3 Å². The summed E-state index contributed by atoms with van der Waals surface area (Å²) in [6.07, 6.45) is 3.34. The Bertz CT molecular complexity index is 1310.